The number of aromatic nitrogens is 5. The molecule has 28 heavy (non-hydrogen) atoms. The first kappa shape index (κ1) is 16.6. The minimum Gasteiger partial charge on any atom is -0.378 e. The van der Waals surface area contributed by atoms with Crippen molar-refractivity contribution in [1.29, 1.82) is 0 Å². The fourth-order valence-electron chi connectivity index (χ4n) is 3.09. The van der Waals surface area contributed by atoms with E-state index in [4.69, 9.17) is 0 Å². The van der Waals surface area contributed by atoms with Crippen LogP contribution in [0.25, 0.3) is 21.7 Å². The van der Waals surface area contributed by atoms with Gasteiger partial charge in [0.1, 0.15) is 10.4 Å². The standard InChI is InChI=1S/C20H16N6OS/c1-13-6-5-7-14(10-13)21-12-17-24-26-19(27)16-11-22-25(15-8-3-2-4-9-15)18(16)23-20(26)28-17/h2-11,21H,12H2,1H3. The van der Waals surface area contributed by atoms with E-state index in [0.29, 0.717) is 22.5 Å². The van der Waals surface area contributed by atoms with Crippen molar-refractivity contribution in [3.8, 4) is 5.69 Å². The van der Waals surface area contributed by atoms with Gasteiger partial charge < -0.3 is 5.32 Å². The molecule has 0 unspecified atom stereocenters. The van der Waals surface area contributed by atoms with Crippen molar-refractivity contribution in [2.75, 3.05) is 5.32 Å². The lowest BCUT2D eigenvalue weighted by Crippen LogP contribution is -2.15. The lowest BCUT2D eigenvalue weighted by atomic mass is 10.2. The number of hydrogen-bond acceptors (Lipinski definition) is 6. The van der Waals surface area contributed by atoms with E-state index in [9.17, 15) is 4.79 Å². The Morgan fingerprint density at radius 2 is 1.96 bits per heavy atom. The zero-order valence-corrected chi connectivity index (χ0v) is 15.8. The van der Waals surface area contributed by atoms with E-state index in [1.807, 2.05) is 55.5 Å². The number of nitrogens with one attached hydrogen (secondary N) is 1. The molecule has 8 heteroatoms. The first-order valence-corrected chi connectivity index (χ1v) is 9.63. The molecular formula is C20H16N6OS. The number of aryl methyl sites for hydroxylation is 1. The first-order valence-electron chi connectivity index (χ1n) is 8.81. The van der Waals surface area contributed by atoms with Crippen LogP contribution in [0.15, 0.2) is 65.6 Å². The molecule has 0 saturated heterocycles. The molecule has 0 aliphatic heterocycles. The SMILES string of the molecule is Cc1cccc(NCc2nn3c(=O)c4cnn(-c5ccccc5)c4nc3s2)c1. The fraction of sp³-hybridized carbons (Fsp3) is 0.100. The van der Waals surface area contributed by atoms with Gasteiger partial charge >= 0.3 is 0 Å². The molecule has 0 amide bonds. The van der Waals surface area contributed by atoms with Gasteiger partial charge in [-0.1, -0.05) is 41.7 Å². The lowest BCUT2D eigenvalue weighted by Gasteiger charge is -2.04. The van der Waals surface area contributed by atoms with Crippen molar-refractivity contribution >= 4 is 33.0 Å². The largest absolute Gasteiger partial charge is 0.378 e. The Bertz CT molecular complexity index is 1350. The molecular weight excluding hydrogens is 372 g/mol. The number of hydrogen-bond donors (Lipinski definition) is 1. The van der Waals surface area contributed by atoms with E-state index in [0.717, 1.165) is 16.4 Å². The normalized spacial score (nSPS) is 11.3. The quantitative estimate of drug-likeness (QED) is 0.511. The topological polar surface area (TPSA) is 77.1 Å². The summed E-state index contributed by atoms with van der Waals surface area (Å²) in [5.41, 5.74) is 3.39. The molecule has 2 aromatic carbocycles. The Morgan fingerprint density at radius 1 is 1.11 bits per heavy atom. The molecule has 5 aromatic rings. The second kappa shape index (κ2) is 6.58. The molecule has 5 rings (SSSR count). The van der Waals surface area contributed by atoms with Crippen LogP contribution in [0, 0.1) is 6.92 Å². The summed E-state index contributed by atoms with van der Waals surface area (Å²) in [6.45, 7) is 2.58. The fourth-order valence-corrected chi connectivity index (χ4v) is 3.91. The summed E-state index contributed by atoms with van der Waals surface area (Å²) in [6.07, 6.45) is 1.55. The van der Waals surface area contributed by atoms with Crippen LogP contribution in [0.1, 0.15) is 10.6 Å². The third-order valence-electron chi connectivity index (χ3n) is 4.43. The van der Waals surface area contributed by atoms with E-state index in [2.05, 4.69) is 26.6 Å². The zero-order valence-electron chi connectivity index (χ0n) is 15.0. The molecule has 0 atom stereocenters. The van der Waals surface area contributed by atoms with E-state index < -0.39 is 0 Å². The average Bonchev–Trinajstić information content (AvgIpc) is 3.32. The second-order valence-electron chi connectivity index (χ2n) is 6.46. The lowest BCUT2D eigenvalue weighted by molar-refractivity contribution is 0.865. The van der Waals surface area contributed by atoms with E-state index in [1.54, 1.807) is 10.9 Å². The maximum absolute atomic E-state index is 12.9. The predicted octanol–water partition coefficient (Wildman–Crippen LogP) is 3.41. The van der Waals surface area contributed by atoms with Crippen LogP contribution in [0.2, 0.25) is 0 Å². The highest BCUT2D eigenvalue weighted by Crippen LogP contribution is 2.19. The third kappa shape index (κ3) is 2.84. The van der Waals surface area contributed by atoms with Crippen LogP contribution in [-0.2, 0) is 6.54 Å². The van der Waals surface area contributed by atoms with Crippen LogP contribution in [0.4, 0.5) is 5.69 Å². The molecule has 0 saturated carbocycles. The number of fused-ring (bicyclic) bond motifs is 2. The van der Waals surface area contributed by atoms with E-state index in [-0.39, 0.29) is 5.56 Å². The third-order valence-corrected chi connectivity index (χ3v) is 5.34. The maximum atomic E-state index is 12.9. The van der Waals surface area contributed by atoms with Crippen molar-refractivity contribution in [3.05, 3.63) is 81.7 Å². The van der Waals surface area contributed by atoms with E-state index >= 15 is 0 Å². The van der Waals surface area contributed by atoms with Gasteiger partial charge in [-0.25, -0.2) is 4.68 Å². The van der Waals surface area contributed by atoms with Crippen molar-refractivity contribution in [3.63, 3.8) is 0 Å². The van der Waals surface area contributed by atoms with Crippen molar-refractivity contribution < 1.29 is 0 Å². The molecule has 3 aromatic heterocycles. The first-order chi connectivity index (χ1) is 13.7. The van der Waals surface area contributed by atoms with E-state index in [1.165, 1.54) is 21.4 Å². The molecule has 3 heterocycles. The Labute approximate surface area is 163 Å². The Balaban J connectivity index is 1.54. The number of nitrogens with zero attached hydrogens (tertiary/aromatic N) is 5. The zero-order chi connectivity index (χ0) is 19.1. The Hall–Kier alpha value is -3.52. The molecule has 0 aliphatic carbocycles. The van der Waals surface area contributed by atoms with Gasteiger partial charge in [0, 0.05) is 5.69 Å². The van der Waals surface area contributed by atoms with Crippen LogP contribution >= 0.6 is 11.3 Å². The molecule has 0 spiro atoms. The number of para-hydroxylation sites is 1. The molecule has 0 bridgehead atoms. The van der Waals surface area contributed by atoms with Crippen LogP contribution in [0.5, 0.6) is 0 Å². The smallest absolute Gasteiger partial charge is 0.286 e. The number of benzene rings is 2. The summed E-state index contributed by atoms with van der Waals surface area (Å²) in [5, 5.41) is 13.4. The maximum Gasteiger partial charge on any atom is 0.286 e. The molecule has 0 radical (unpaired) electrons. The number of anilines is 1. The monoisotopic (exact) mass is 388 g/mol. The van der Waals surface area contributed by atoms with Crippen molar-refractivity contribution in [2.45, 2.75) is 13.5 Å². The van der Waals surface area contributed by atoms with Gasteiger partial charge in [-0.15, -0.1) is 0 Å². The summed E-state index contributed by atoms with van der Waals surface area (Å²) >= 11 is 1.39. The van der Waals surface area contributed by atoms with Crippen molar-refractivity contribution in [2.24, 2.45) is 0 Å². The molecule has 138 valence electrons. The van der Waals surface area contributed by atoms with Gasteiger partial charge in [0.2, 0.25) is 4.96 Å². The average molecular weight is 388 g/mol. The second-order valence-corrected chi connectivity index (χ2v) is 7.50. The summed E-state index contributed by atoms with van der Waals surface area (Å²) in [7, 11) is 0. The van der Waals surface area contributed by atoms with Gasteiger partial charge in [0.25, 0.3) is 5.56 Å². The molecule has 0 aliphatic rings. The highest BCUT2D eigenvalue weighted by atomic mass is 32.1. The Kier molecular flexibility index (Phi) is 3.91. The van der Waals surface area contributed by atoms with Crippen LogP contribution in [-0.4, -0.2) is 24.4 Å². The van der Waals surface area contributed by atoms with Gasteiger partial charge in [0.15, 0.2) is 5.65 Å². The highest BCUT2D eigenvalue weighted by molar-refractivity contribution is 7.16. The predicted molar refractivity (Wildman–Crippen MR) is 110 cm³/mol. The molecule has 0 fully saturated rings. The summed E-state index contributed by atoms with van der Waals surface area (Å²) < 4.78 is 3.04. The molecule has 7 nitrogen and oxygen atoms in total. The van der Waals surface area contributed by atoms with Crippen LogP contribution < -0.4 is 10.9 Å². The minimum absolute atomic E-state index is 0.208. The molecule has 1 N–H and O–H groups in total. The highest BCUT2D eigenvalue weighted by Gasteiger charge is 2.15. The van der Waals surface area contributed by atoms with Gasteiger partial charge in [-0.3, -0.25) is 4.79 Å². The summed E-state index contributed by atoms with van der Waals surface area (Å²) in [5.74, 6) is 0. The van der Waals surface area contributed by atoms with Crippen molar-refractivity contribution in [1.82, 2.24) is 24.4 Å². The Morgan fingerprint density at radius 3 is 2.79 bits per heavy atom. The summed E-state index contributed by atoms with van der Waals surface area (Å²) in [4.78, 5) is 18.1. The number of rotatable bonds is 4. The van der Waals surface area contributed by atoms with Gasteiger partial charge in [-0.2, -0.15) is 19.7 Å². The summed E-state index contributed by atoms with van der Waals surface area (Å²) in [6, 6.07) is 17.8. The van der Waals surface area contributed by atoms with Gasteiger partial charge in [-0.05, 0) is 36.8 Å². The minimum atomic E-state index is -0.208. The van der Waals surface area contributed by atoms with Crippen LogP contribution in [0.3, 0.4) is 0 Å². The van der Waals surface area contributed by atoms with Gasteiger partial charge in [0.05, 0.1) is 18.4 Å².